The molecule has 0 aromatic rings. The molecule has 0 heteroatoms. The Hall–Kier alpha value is 0. The fourth-order valence-corrected chi connectivity index (χ4v) is 6.97. The van der Waals surface area contributed by atoms with Gasteiger partial charge in [-0.15, -0.1) is 0 Å². The van der Waals surface area contributed by atoms with Crippen molar-refractivity contribution in [2.24, 2.45) is 47.3 Å². The molecule has 150 valence electrons. The van der Waals surface area contributed by atoms with Gasteiger partial charge in [0.25, 0.3) is 0 Å². The van der Waals surface area contributed by atoms with Gasteiger partial charge in [0.2, 0.25) is 0 Å². The highest BCUT2D eigenvalue weighted by molar-refractivity contribution is 4.94. The Labute approximate surface area is 164 Å². The minimum absolute atomic E-state index is 1.02. The van der Waals surface area contributed by atoms with Crippen molar-refractivity contribution in [3.05, 3.63) is 0 Å². The molecular weight excluding hydrogens is 312 g/mol. The largest absolute Gasteiger partial charge is 0.0625 e. The van der Waals surface area contributed by atoms with Crippen LogP contribution >= 0.6 is 0 Å². The molecule has 5 aliphatic carbocycles. The molecule has 5 saturated carbocycles. The van der Waals surface area contributed by atoms with Crippen molar-refractivity contribution in [2.45, 2.75) is 117 Å². The van der Waals surface area contributed by atoms with E-state index in [1.807, 2.05) is 0 Å². The van der Waals surface area contributed by atoms with Crippen molar-refractivity contribution in [3.8, 4) is 0 Å². The van der Waals surface area contributed by atoms with Gasteiger partial charge in [-0.1, -0.05) is 78.1 Å². The minimum atomic E-state index is 1.02. The van der Waals surface area contributed by atoms with Crippen LogP contribution in [0.4, 0.5) is 0 Å². The molecule has 0 bridgehead atoms. The zero-order chi connectivity index (χ0) is 17.9. The summed E-state index contributed by atoms with van der Waals surface area (Å²) in [6, 6.07) is 0. The van der Waals surface area contributed by atoms with Gasteiger partial charge in [0.15, 0.2) is 0 Å². The zero-order valence-corrected chi connectivity index (χ0v) is 17.9. The summed E-state index contributed by atoms with van der Waals surface area (Å²) in [5.74, 6) is 9.03. The second-order valence-corrected chi connectivity index (χ2v) is 11.3. The lowest BCUT2D eigenvalue weighted by Gasteiger charge is -2.51. The lowest BCUT2D eigenvalue weighted by Crippen LogP contribution is -2.41. The molecule has 2 atom stereocenters. The SMILES string of the molecule is C1CC(C2CCC2C2CCC2)C1.CC1CCC(C2CCC(C)CC2)CC1. The highest BCUT2D eigenvalue weighted by Gasteiger charge is 2.44. The van der Waals surface area contributed by atoms with Gasteiger partial charge in [0.05, 0.1) is 0 Å². The van der Waals surface area contributed by atoms with Crippen LogP contribution in [0, 0.1) is 47.3 Å². The van der Waals surface area contributed by atoms with Gasteiger partial charge in [-0.05, 0) is 85.9 Å². The Balaban J connectivity index is 0.000000130. The number of hydrogen-bond donors (Lipinski definition) is 0. The first-order valence-electron chi connectivity index (χ1n) is 12.7. The van der Waals surface area contributed by atoms with Crippen molar-refractivity contribution < 1.29 is 0 Å². The van der Waals surface area contributed by atoms with E-state index in [1.54, 1.807) is 77.0 Å². The third-order valence-corrected chi connectivity index (χ3v) is 9.68. The summed E-state index contributed by atoms with van der Waals surface area (Å²) < 4.78 is 0. The van der Waals surface area contributed by atoms with Gasteiger partial charge in [-0.2, -0.15) is 0 Å². The third kappa shape index (κ3) is 4.52. The molecule has 0 spiro atoms. The minimum Gasteiger partial charge on any atom is -0.0625 e. The molecule has 0 nitrogen and oxygen atoms in total. The van der Waals surface area contributed by atoms with Crippen LogP contribution in [0.3, 0.4) is 0 Å². The van der Waals surface area contributed by atoms with Gasteiger partial charge in [-0.25, -0.2) is 0 Å². The van der Waals surface area contributed by atoms with Crippen LogP contribution in [0.1, 0.15) is 117 Å². The number of rotatable bonds is 3. The van der Waals surface area contributed by atoms with E-state index in [0.717, 1.165) is 23.7 Å². The van der Waals surface area contributed by atoms with Crippen molar-refractivity contribution in [1.82, 2.24) is 0 Å². The highest BCUT2D eigenvalue weighted by Crippen LogP contribution is 2.54. The quantitative estimate of drug-likeness (QED) is 0.476. The van der Waals surface area contributed by atoms with Crippen molar-refractivity contribution in [1.29, 1.82) is 0 Å². The maximum atomic E-state index is 2.43. The Kier molecular flexibility index (Phi) is 6.69. The smallest absolute Gasteiger partial charge is 0.0355 e. The predicted molar refractivity (Wildman–Crippen MR) is 113 cm³/mol. The Bertz CT molecular complexity index is 362. The van der Waals surface area contributed by atoms with E-state index in [0.29, 0.717) is 0 Å². The van der Waals surface area contributed by atoms with E-state index in [-0.39, 0.29) is 0 Å². The second-order valence-electron chi connectivity index (χ2n) is 11.3. The summed E-state index contributed by atoms with van der Waals surface area (Å²) in [5.41, 5.74) is 0. The predicted octanol–water partition coefficient (Wildman–Crippen LogP) is 8.25. The van der Waals surface area contributed by atoms with Crippen LogP contribution in [0.5, 0.6) is 0 Å². The topological polar surface area (TPSA) is 0 Å². The molecule has 0 saturated heterocycles. The van der Waals surface area contributed by atoms with E-state index in [9.17, 15) is 0 Å². The molecular formula is C26H46. The lowest BCUT2D eigenvalue weighted by atomic mass is 9.54. The summed E-state index contributed by atoms with van der Waals surface area (Å²) in [4.78, 5) is 0. The average molecular weight is 359 g/mol. The van der Waals surface area contributed by atoms with E-state index < -0.39 is 0 Å². The fraction of sp³-hybridized carbons (Fsp3) is 1.00. The Morgan fingerprint density at radius 1 is 0.346 bits per heavy atom. The van der Waals surface area contributed by atoms with E-state index in [2.05, 4.69) is 13.8 Å². The molecule has 0 heterocycles. The Morgan fingerprint density at radius 3 is 0.923 bits per heavy atom. The fourth-order valence-electron chi connectivity index (χ4n) is 6.97. The highest BCUT2D eigenvalue weighted by atomic mass is 14.5. The van der Waals surface area contributed by atoms with Crippen LogP contribution in [0.25, 0.3) is 0 Å². The summed E-state index contributed by atoms with van der Waals surface area (Å²) in [6.45, 7) is 4.86. The van der Waals surface area contributed by atoms with Crippen LogP contribution in [-0.4, -0.2) is 0 Å². The van der Waals surface area contributed by atoms with Gasteiger partial charge in [-0.3, -0.25) is 0 Å². The van der Waals surface area contributed by atoms with Crippen LogP contribution in [0.15, 0.2) is 0 Å². The summed E-state index contributed by atoms with van der Waals surface area (Å²) in [7, 11) is 0. The number of hydrogen-bond acceptors (Lipinski definition) is 0. The van der Waals surface area contributed by atoms with Crippen molar-refractivity contribution in [3.63, 3.8) is 0 Å². The summed E-state index contributed by atoms with van der Waals surface area (Å²) in [6.07, 6.45) is 24.8. The van der Waals surface area contributed by atoms with Gasteiger partial charge >= 0.3 is 0 Å². The first-order chi connectivity index (χ1) is 12.7. The standard InChI is InChI=1S/C14H26.C12H20/c1-11-3-7-13(8-4-11)14-9-5-12(2)6-10-14;1-3-9(4-1)11-7-8-12(11)10-5-2-6-10/h11-14H,3-10H2,1-2H3;9-12H,1-8H2. The molecule has 5 fully saturated rings. The molecule has 0 aromatic carbocycles. The average Bonchev–Trinajstić information content (AvgIpc) is 2.55. The van der Waals surface area contributed by atoms with Gasteiger partial charge in [0.1, 0.15) is 0 Å². The van der Waals surface area contributed by atoms with Crippen LogP contribution < -0.4 is 0 Å². The van der Waals surface area contributed by atoms with Crippen molar-refractivity contribution >= 4 is 0 Å². The molecule has 26 heavy (non-hydrogen) atoms. The maximum Gasteiger partial charge on any atom is -0.0355 e. The summed E-state index contributed by atoms with van der Waals surface area (Å²) in [5, 5.41) is 0. The van der Waals surface area contributed by atoms with Gasteiger partial charge < -0.3 is 0 Å². The third-order valence-electron chi connectivity index (χ3n) is 9.68. The van der Waals surface area contributed by atoms with Gasteiger partial charge in [0, 0.05) is 0 Å². The maximum absolute atomic E-state index is 2.43. The van der Waals surface area contributed by atoms with E-state index in [4.69, 9.17) is 0 Å². The van der Waals surface area contributed by atoms with E-state index >= 15 is 0 Å². The van der Waals surface area contributed by atoms with Crippen LogP contribution in [0.2, 0.25) is 0 Å². The molecule has 0 amide bonds. The molecule has 0 aromatic heterocycles. The normalized spacial score (nSPS) is 44.1. The Morgan fingerprint density at radius 2 is 0.692 bits per heavy atom. The molecule has 0 N–H and O–H groups in total. The van der Waals surface area contributed by atoms with Crippen LogP contribution in [-0.2, 0) is 0 Å². The monoisotopic (exact) mass is 358 g/mol. The molecule has 0 aliphatic heterocycles. The zero-order valence-electron chi connectivity index (χ0n) is 17.9. The molecule has 2 unspecified atom stereocenters. The molecule has 5 aliphatic rings. The van der Waals surface area contributed by atoms with E-state index in [1.165, 1.54) is 49.4 Å². The lowest BCUT2D eigenvalue weighted by molar-refractivity contribution is -0.00862. The molecule has 0 radical (unpaired) electrons. The van der Waals surface area contributed by atoms with Crippen molar-refractivity contribution in [2.75, 3.05) is 0 Å². The first kappa shape index (κ1) is 19.3. The second kappa shape index (κ2) is 9.00. The molecule has 5 rings (SSSR count). The first-order valence-corrected chi connectivity index (χ1v) is 12.7. The summed E-state index contributed by atoms with van der Waals surface area (Å²) >= 11 is 0.